The van der Waals surface area contributed by atoms with Gasteiger partial charge in [-0.05, 0) is 30.7 Å². The molecule has 142 valence electrons. The van der Waals surface area contributed by atoms with Crippen molar-refractivity contribution in [1.29, 1.82) is 0 Å². The van der Waals surface area contributed by atoms with Crippen LogP contribution in [0, 0.1) is 0 Å². The summed E-state index contributed by atoms with van der Waals surface area (Å²) in [6, 6.07) is 13.5. The quantitative estimate of drug-likeness (QED) is 0.700. The number of carbonyl (C=O) groups excluding carboxylic acids is 1. The Morgan fingerprint density at radius 1 is 1.15 bits per heavy atom. The van der Waals surface area contributed by atoms with Gasteiger partial charge in [0.15, 0.2) is 15.6 Å². The molecule has 0 saturated carbocycles. The van der Waals surface area contributed by atoms with Gasteiger partial charge in [0.25, 0.3) is 5.91 Å². The molecule has 0 fully saturated rings. The van der Waals surface area contributed by atoms with E-state index in [-0.39, 0.29) is 29.2 Å². The zero-order valence-electron chi connectivity index (χ0n) is 15.4. The summed E-state index contributed by atoms with van der Waals surface area (Å²) in [5.74, 6) is -0.129. The number of fused-ring (bicyclic) bond motifs is 1. The number of carbonyl (C=O) groups is 1. The lowest BCUT2D eigenvalue weighted by molar-refractivity contribution is 0.0907. The van der Waals surface area contributed by atoms with Crippen LogP contribution in [0.5, 0.6) is 0 Å². The van der Waals surface area contributed by atoms with Gasteiger partial charge in [-0.1, -0.05) is 30.3 Å². The normalized spacial score (nSPS) is 12.9. The van der Waals surface area contributed by atoms with Crippen LogP contribution in [0.3, 0.4) is 0 Å². The second kappa shape index (κ2) is 7.54. The minimum absolute atomic E-state index is 0.220. The summed E-state index contributed by atoms with van der Waals surface area (Å²) in [4.78, 5) is 13.0. The van der Waals surface area contributed by atoms with E-state index in [4.69, 9.17) is 9.15 Å². The number of para-hydroxylation sites is 1. The molecule has 0 aliphatic carbocycles. The van der Waals surface area contributed by atoms with Crippen molar-refractivity contribution in [2.45, 2.75) is 24.5 Å². The van der Waals surface area contributed by atoms with Crippen LogP contribution in [-0.4, -0.2) is 27.7 Å². The highest BCUT2D eigenvalue weighted by molar-refractivity contribution is 7.90. The molecule has 0 aliphatic heterocycles. The first-order valence-corrected chi connectivity index (χ1v) is 10.3. The van der Waals surface area contributed by atoms with Gasteiger partial charge in [0.05, 0.1) is 17.5 Å². The van der Waals surface area contributed by atoms with E-state index in [1.54, 1.807) is 25.3 Å². The summed E-state index contributed by atoms with van der Waals surface area (Å²) in [6.07, 6.45) is 1.16. The smallest absolute Gasteiger partial charge is 0.287 e. The zero-order valence-corrected chi connectivity index (χ0v) is 16.2. The maximum absolute atomic E-state index is 12.8. The number of nitrogens with one attached hydrogen (secondary N) is 1. The summed E-state index contributed by atoms with van der Waals surface area (Å²) >= 11 is 0. The molecule has 27 heavy (non-hydrogen) atoms. The molecule has 0 bridgehead atoms. The van der Waals surface area contributed by atoms with Crippen molar-refractivity contribution in [3.05, 3.63) is 65.4 Å². The number of hydrogen-bond donors (Lipinski definition) is 1. The molecule has 2 aromatic carbocycles. The van der Waals surface area contributed by atoms with E-state index < -0.39 is 9.84 Å². The Balaban J connectivity index is 1.84. The number of hydrogen-bond acceptors (Lipinski definition) is 5. The lowest BCUT2D eigenvalue weighted by atomic mass is 10.1. The monoisotopic (exact) mass is 387 g/mol. The van der Waals surface area contributed by atoms with Crippen molar-refractivity contribution in [1.82, 2.24) is 5.32 Å². The second-order valence-electron chi connectivity index (χ2n) is 6.38. The van der Waals surface area contributed by atoms with Gasteiger partial charge in [0.1, 0.15) is 5.58 Å². The largest absolute Gasteiger partial charge is 0.451 e. The van der Waals surface area contributed by atoms with Crippen molar-refractivity contribution in [2.24, 2.45) is 0 Å². The van der Waals surface area contributed by atoms with Crippen LogP contribution in [0.1, 0.15) is 34.6 Å². The van der Waals surface area contributed by atoms with Crippen LogP contribution < -0.4 is 5.32 Å². The Labute approximate surface area is 158 Å². The van der Waals surface area contributed by atoms with Gasteiger partial charge in [-0.3, -0.25) is 4.79 Å². The van der Waals surface area contributed by atoms with Crippen LogP contribution in [0.4, 0.5) is 0 Å². The van der Waals surface area contributed by atoms with E-state index in [2.05, 4.69) is 5.32 Å². The summed E-state index contributed by atoms with van der Waals surface area (Å²) < 4.78 is 34.1. The van der Waals surface area contributed by atoms with Crippen LogP contribution in [-0.2, 0) is 21.2 Å². The molecule has 1 N–H and O–H groups in total. The molecule has 6 nitrogen and oxygen atoms in total. The van der Waals surface area contributed by atoms with Crippen molar-refractivity contribution >= 4 is 26.7 Å². The van der Waals surface area contributed by atoms with Crippen molar-refractivity contribution in [3.63, 3.8) is 0 Å². The number of ether oxygens (including phenoxy) is 1. The SMILES string of the molecule is COCc1c(C(=O)N[C@@H](C)c2ccc(S(C)(=O)=O)cc2)oc2ccccc12. The minimum atomic E-state index is -3.25. The van der Waals surface area contributed by atoms with Gasteiger partial charge >= 0.3 is 0 Å². The minimum Gasteiger partial charge on any atom is -0.451 e. The molecule has 1 atom stereocenters. The average Bonchev–Trinajstić information content (AvgIpc) is 3.00. The van der Waals surface area contributed by atoms with Crippen LogP contribution in [0.25, 0.3) is 11.0 Å². The van der Waals surface area contributed by atoms with E-state index in [1.807, 2.05) is 25.1 Å². The number of rotatable bonds is 6. The van der Waals surface area contributed by atoms with E-state index >= 15 is 0 Å². The molecule has 1 aromatic heterocycles. The number of methoxy groups -OCH3 is 1. The fourth-order valence-electron chi connectivity index (χ4n) is 2.92. The first-order valence-electron chi connectivity index (χ1n) is 8.41. The predicted octanol–water partition coefficient (Wildman–Crippen LogP) is 3.47. The molecule has 0 radical (unpaired) electrons. The summed E-state index contributed by atoms with van der Waals surface area (Å²) in [5, 5.41) is 3.74. The van der Waals surface area contributed by atoms with Gasteiger partial charge in [-0.2, -0.15) is 0 Å². The van der Waals surface area contributed by atoms with Crippen molar-refractivity contribution < 1.29 is 22.4 Å². The van der Waals surface area contributed by atoms with E-state index in [9.17, 15) is 13.2 Å². The van der Waals surface area contributed by atoms with E-state index in [1.165, 1.54) is 12.1 Å². The Morgan fingerprint density at radius 2 is 1.81 bits per heavy atom. The summed E-state index contributed by atoms with van der Waals surface area (Å²) in [7, 11) is -1.69. The van der Waals surface area contributed by atoms with Gasteiger partial charge in [0.2, 0.25) is 0 Å². The third-order valence-corrected chi connectivity index (χ3v) is 5.48. The third-order valence-electron chi connectivity index (χ3n) is 4.35. The van der Waals surface area contributed by atoms with Crippen molar-refractivity contribution in [2.75, 3.05) is 13.4 Å². The fourth-order valence-corrected chi connectivity index (χ4v) is 3.55. The number of benzene rings is 2. The molecular weight excluding hydrogens is 366 g/mol. The molecule has 3 rings (SSSR count). The highest BCUT2D eigenvalue weighted by atomic mass is 32.2. The van der Waals surface area contributed by atoms with Crippen LogP contribution in [0.2, 0.25) is 0 Å². The molecule has 0 unspecified atom stereocenters. The number of furan rings is 1. The van der Waals surface area contributed by atoms with Gasteiger partial charge < -0.3 is 14.5 Å². The zero-order chi connectivity index (χ0) is 19.6. The molecule has 1 amide bonds. The Kier molecular flexibility index (Phi) is 5.34. The molecule has 0 spiro atoms. The lowest BCUT2D eigenvalue weighted by Crippen LogP contribution is -2.27. The topological polar surface area (TPSA) is 85.6 Å². The van der Waals surface area contributed by atoms with Crippen LogP contribution in [0.15, 0.2) is 57.8 Å². The first kappa shape index (κ1) is 19.1. The summed E-state index contributed by atoms with van der Waals surface area (Å²) in [6.45, 7) is 2.09. The molecule has 0 saturated heterocycles. The predicted molar refractivity (Wildman–Crippen MR) is 102 cm³/mol. The summed E-state index contributed by atoms with van der Waals surface area (Å²) in [5.41, 5.74) is 2.12. The Bertz CT molecular complexity index is 1070. The molecule has 0 aliphatic rings. The molecule has 7 heteroatoms. The maximum atomic E-state index is 12.8. The number of sulfone groups is 1. The third kappa shape index (κ3) is 4.04. The lowest BCUT2D eigenvalue weighted by Gasteiger charge is -2.14. The van der Waals surface area contributed by atoms with Crippen molar-refractivity contribution in [3.8, 4) is 0 Å². The van der Waals surface area contributed by atoms with E-state index in [0.717, 1.165) is 17.2 Å². The highest BCUT2D eigenvalue weighted by Gasteiger charge is 2.22. The first-order chi connectivity index (χ1) is 12.8. The molecule has 1 heterocycles. The molecule has 3 aromatic rings. The van der Waals surface area contributed by atoms with Crippen LogP contribution >= 0.6 is 0 Å². The second-order valence-corrected chi connectivity index (χ2v) is 8.39. The van der Waals surface area contributed by atoms with Gasteiger partial charge in [-0.25, -0.2) is 8.42 Å². The average molecular weight is 387 g/mol. The molecular formula is C20H21NO5S. The Hall–Kier alpha value is -2.64. The standard InChI is InChI=1S/C20H21NO5S/c1-13(14-8-10-15(11-9-14)27(3,23)24)21-20(22)19-17(12-25-2)16-6-4-5-7-18(16)26-19/h4-11,13H,12H2,1-3H3,(H,21,22)/t13-/m0/s1. The Morgan fingerprint density at radius 3 is 2.44 bits per heavy atom. The fraction of sp³-hybridized carbons (Fsp3) is 0.250. The number of amides is 1. The van der Waals surface area contributed by atoms with E-state index in [0.29, 0.717) is 11.1 Å². The maximum Gasteiger partial charge on any atom is 0.287 e. The van der Waals surface area contributed by atoms with Gasteiger partial charge in [-0.15, -0.1) is 0 Å². The van der Waals surface area contributed by atoms with Gasteiger partial charge in [0, 0.05) is 24.3 Å². The highest BCUT2D eigenvalue weighted by Crippen LogP contribution is 2.27.